The zero-order valence-corrected chi connectivity index (χ0v) is 10.9. The summed E-state index contributed by atoms with van der Waals surface area (Å²) in [5, 5.41) is 13.2. The molecule has 0 amide bonds. The van der Waals surface area contributed by atoms with Crippen molar-refractivity contribution < 1.29 is 5.11 Å². The summed E-state index contributed by atoms with van der Waals surface area (Å²) < 4.78 is 0. The van der Waals surface area contributed by atoms with Gasteiger partial charge in [0.1, 0.15) is 0 Å². The molecule has 0 bridgehead atoms. The van der Waals surface area contributed by atoms with E-state index in [-0.39, 0.29) is 12.1 Å². The monoisotopic (exact) mass is 253 g/mol. The molecule has 0 aromatic heterocycles. The smallest absolute Gasteiger partial charge is 0.0741 e. The van der Waals surface area contributed by atoms with E-state index >= 15 is 0 Å². The van der Waals surface area contributed by atoms with Gasteiger partial charge in [-0.25, -0.2) is 0 Å². The lowest BCUT2D eigenvalue weighted by atomic mass is 10.1. The standard InChI is InChI=1S/C17H19NO/c19-17-8-4-7-16(17)18-15-11-9-14(10-12-15)13-5-2-1-3-6-13/h1-3,5-6,9-12,16-19H,4,7-8H2/t16-,17-/m1/s1. The van der Waals surface area contributed by atoms with Gasteiger partial charge >= 0.3 is 0 Å². The normalized spacial score (nSPS) is 22.4. The molecule has 3 rings (SSSR count). The summed E-state index contributed by atoms with van der Waals surface area (Å²) in [6, 6.07) is 19.0. The summed E-state index contributed by atoms with van der Waals surface area (Å²) in [6.45, 7) is 0. The van der Waals surface area contributed by atoms with E-state index in [1.165, 1.54) is 11.1 Å². The highest BCUT2D eigenvalue weighted by Crippen LogP contribution is 2.25. The predicted molar refractivity (Wildman–Crippen MR) is 79.1 cm³/mol. The van der Waals surface area contributed by atoms with Crippen LogP contribution in [-0.4, -0.2) is 17.3 Å². The van der Waals surface area contributed by atoms with E-state index in [0.29, 0.717) is 0 Å². The van der Waals surface area contributed by atoms with Crippen LogP contribution in [-0.2, 0) is 0 Å². The van der Waals surface area contributed by atoms with Gasteiger partial charge in [-0.05, 0) is 42.5 Å². The predicted octanol–water partition coefficient (Wildman–Crippen LogP) is 3.68. The van der Waals surface area contributed by atoms with Crippen LogP contribution >= 0.6 is 0 Å². The minimum absolute atomic E-state index is 0.200. The largest absolute Gasteiger partial charge is 0.391 e. The average molecular weight is 253 g/mol. The number of rotatable bonds is 3. The van der Waals surface area contributed by atoms with Gasteiger partial charge in [0.15, 0.2) is 0 Å². The molecule has 0 aliphatic heterocycles. The van der Waals surface area contributed by atoms with Crippen LogP contribution in [0, 0.1) is 0 Å². The second kappa shape index (κ2) is 5.45. The Labute approximate surface area is 114 Å². The zero-order valence-electron chi connectivity index (χ0n) is 10.9. The Morgan fingerprint density at radius 3 is 2.16 bits per heavy atom. The number of anilines is 1. The lowest BCUT2D eigenvalue weighted by Crippen LogP contribution is -2.27. The van der Waals surface area contributed by atoms with Crippen LogP contribution in [0.5, 0.6) is 0 Å². The molecule has 2 heteroatoms. The molecular formula is C17H19NO. The third kappa shape index (κ3) is 2.79. The van der Waals surface area contributed by atoms with E-state index in [2.05, 4.69) is 53.8 Å². The Morgan fingerprint density at radius 2 is 1.53 bits per heavy atom. The number of aliphatic hydroxyl groups excluding tert-OH is 1. The molecule has 1 aliphatic rings. The van der Waals surface area contributed by atoms with Crippen molar-refractivity contribution in [1.82, 2.24) is 0 Å². The van der Waals surface area contributed by atoms with E-state index in [9.17, 15) is 5.11 Å². The molecule has 2 aromatic rings. The summed E-state index contributed by atoms with van der Waals surface area (Å²) in [5.41, 5.74) is 3.54. The van der Waals surface area contributed by atoms with Gasteiger partial charge in [0.05, 0.1) is 12.1 Å². The number of hydrogen-bond acceptors (Lipinski definition) is 2. The molecule has 2 nitrogen and oxygen atoms in total. The molecule has 2 aromatic carbocycles. The van der Waals surface area contributed by atoms with Crippen molar-refractivity contribution in [2.75, 3.05) is 5.32 Å². The fraction of sp³-hybridized carbons (Fsp3) is 0.294. The summed E-state index contributed by atoms with van der Waals surface area (Å²) in [7, 11) is 0. The van der Waals surface area contributed by atoms with Gasteiger partial charge < -0.3 is 10.4 Å². The summed E-state index contributed by atoms with van der Waals surface area (Å²) >= 11 is 0. The van der Waals surface area contributed by atoms with Crippen LogP contribution in [0.4, 0.5) is 5.69 Å². The fourth-order valence-electron chi connectivity index (χ4n) is 2.71. The Hall–Kier alpha value is -1.80. The van der Waals surface area contributed by atoms with Crippen molar-refractivity contribution in [3.8, 4) is 11.1 Å². The Morgan fingerprint density at radius 1 is 0.842 bits per heavy atom. The third-order valence-electron chi connectivity index (χ3n) is 3.82. The topological polar surface area (TPSA) is 32.3 Å². The minimum atomic E-state index is -0.200. The molecule has 98 valence electrons. The van der Waals surface area contributed by atoms with E-state index in [0.717, 1.165) is 24.9 Å². The first-order chi connectivity index (χ1) is 9.33. The highest BCUT2D eigenvalue weighted by atomic mass is 16.3. The molecule has 0 unspecified atom stereocenters. The lowest BCUT2D eigenvalue weighted by molar-refractivity contribution is 0.172. The zero-order chi connectivity index (χ0) is 13.1. The lowest BCUT2D eigenvalue weighted by Gasteiger charge is -2.18. The highest BCUT2D eigenvalue weighted by Gasteiger charge is 2.24. The molecule has 1 saturated carbocycles. The number of hydrogen-bond donors (Lipinski definition) is 2. The summed E-state index contributed by atoms with van der Waals surface area (Å²) in [4.78, 5) is 0. The Kier molecular flexibility index (Phi) is 3.51. The third-order valence-corrected chi connectivity index (χ3v) is 3.82. The van der Waals surface area contributed by atoms with Crippen molar-refractivity contribution in [1.29, 1.82) is 0 Å². The van der Waals surface area contributed by atoms with Gasteiger partial charge in [-0.2, -0.15) is 0 Å². The van der Waals surface area contributed by atoms with Gasteiger partial charge in [0.25, 0.3) is 0 Å². The number of benzene rings is 2. The van der Waals surface area contributed by atoms with Crippen molar-refractivity contribution in [2.24, 2.45) is 0 Å². The van der Waals surface area contributed by atoms with Gasteiger partial charge in [-0.15, -0.1) is 0 Å². The van der Waals surface area contributed by atoms with Gasteiger partial charge in [0, 0.05) is 5.69 Å². The summed E-state index contributed by atoms with van der Waals surface area (Å²) in [5.74, 6) is 0. The van der Waals surface area contributed by atoms with Crippen molar-refractivity contribution in [2.45, 2.75) is 31.4 Å². The van der Waals surface area contributed by atoms with E-state index in [1.807, 2.05) is 6.07 Å². The van der Waals surface area contributed by atoms with Crippen LogP contribution in [0.2, 0.25) is 0 Å². The molecule has 1 fully saturated rings. The molecular weight excluding hydrogens is 234 g/mol. The SMILES string of the molecule is O[C@@H]1CCC[C@H]1Nc1ccc(-c2ccccc2)cc1. The second-order valence-corrected chi connectivity index (χ2v) is 5.19. The highest BCUT2D eigenvalue weighted by molar-refractivity contribution is 5.65. The van der Waals surface area contributed by atoms with Gasteiger partial charge in [-0.1, -0.05) is 42.5 Å². The maximum absolute atomic E-state index is 9.82. The van der Waals surface area contributed by atoms with Gasteiger partial charge in [0.2, 0.25) is 0 Å². The van der Waals surface area contributed by atoms with Crippen LogP contribution < -0.4 is 5.32 Å². The Balaban J connectivity index is 1.72. The van der Waals surface area contributed by atoms with E-state index < -0.39 is 0 Å². The van der Waals surface area contributed by atoms with E-state index in [1.54, 1.807) is 0 Å². The maximum Gasteiger partial charge on any atom is 0.0741 e. The molecule has 2 N–H and O–H groups in total. The minimum Gasteiger partial charge on any atom is -0.391 e. The van der Waals surface area contributed by atoms with Crippen LogP contribution in [0.1, 0.15) is 19.3 Å². The number of nitrogens with one attached hydrogen (secondary N) is 1. The first-order valence-corrected chi connectivity index (χ1v) is 6.93. The first kappa shape index (κ1) is 12.2. The molecule has 19 heavy (non-hydrogen) atoms. The molecule has 0 radical (unpaired) electrons. The first-order valence-electron chi connectivity index (χ1n) is 6.93. The summed E-state index contributed by atoms with van der Waals surface area (Å²) in [6.07, 6.45) is 2.89. The molecule has 0 saturated heterocycles. The number of aliphatic hydroxyl groups is 1. The van der Waals surface area contributed by atoms with Crippen molar-refractivity contribution >= 4 is 5.69 Å². The average Bonchev–Trinajstić information content (AvgIpc) is 2.86. The van der Waals surface area contributed by atoms with Crippen molar-refractivity contribution in [3.63, 3.8) is 0 Å². The fourth-order valence-corrected chi connectivity index (χ4v) is 2.71. The second-order valence-electron chi connectivity index (χ2n) is 5.19. The maximum atomic E-state index is 9.82. The molecule has 1 aliphatic carbocycles. The van der Waals surface area contributed by atoms with E-state index in [4.69, 9.17) is 0 Å². The van der Waals surface area contributed by atoms with Crippen LogP contribution in [0.3, 0.4) is 0 Å². The quantitative estimate of drug-likeness (QED) is 0.874. The van der Waals surface area contributed by atoms with Crippen LogP contribution in [0.25, 0.3) is 11.1 Å². The molecule has 2 atom stereocenters. The Bertz CT molecular complexity index is 521. The van der Waals surface area contributed by atoms with Crippen molar-refractivity contribution in [3.05, 3.63) is 54.6 Å². The molecule has 0 heterocycles. The van der Waals surface area contributed by atoms with Gasteiger partial charge in [-0.3, -0.25) is 0 Å². The van der Waals surface area contributed by atoms with Crippen LogP contribution in [0.15, 0.2) is 54.6 Å². The molecule has 0 spiro atoms.